The molecule has 0 unspecified atom stereocenters. The number of hydrogen-bond donors (Lipinski definition) is 1. The van der Waals surface area contributed by atoms with Gasteiger partial charge in [-0.05, 0) is 196 Å². The number of nitrogens with zero attached hydrogens (tertiary/aromatic N) is 9. The molecule has 0 heterocycles. The Morgan fingerprint density at radius 1 is 0.273 bits per heavy atom. The zero-order valence-electron chi connectivity index (χ0n) is 57.8. The lowest BCUT2D eigenvalue weighted by molar-refractivity contribution is 0.0695. The highest BCUT2D eigenvalue weighted by atomic mass is 16.5. The van der Waals surface area contributed by atoms with Gasteiger partial charge in [0.25, 0.3) is 0 Å². The van der Waals surface area contributed by atoms with E-state index in [4.69, 9.17) is 44.2 Å². The van der Waals surface area contributed by atoms with E-state index < -0.39 is 5.97 Å². The number of unbranched alkanes of at least 4 members (excludes halogenated alkanes) is 27. The fourth-order valence-electron chi connectivity index (χ4n) is 11.0. The summed E-state index contributed by atoms with van der Waals surface area (Å²) in [5, 5.41) is 62.8. The second-order valence-corrected chi connectivity index (χ2v) is 24.9. The number of hydrogen-bond acceptors (Lipinski definition) is 16. The molecule has 99 heavy (non-hydrogen) atoms. The van der Waals surface area contributed by atoms with Crippen LogP contribution in [0.5, 0.6) is 34.5 Å². The molecule has 0 aliphatic carbocycles. The van der Waals surface area contributed by atoms with Crippen molar-refractivity contribution in [3.63, 3.8) is 0 Å². The average Bonchev–Trinajstić information content (AvgIpc) is 0.930. The van der Waals surface area contributed by atoms with Gasteiger partial charge in [0.05, 0.1) is 114 Å². The molecule has 520 valence electrons. The largest absolute Gasteiger partial charge is 0.494 e. The van der Waals surface area contributed by atoms with Crippen molar-refractivity contribution in [2.75, 3.05) is 39.6 Å². The van der Waals surface area contributed by atoms with Gasteiger partial charge in [0.2, 0.25) is 5.75 Å². The van der Waals surface area contributed by atoms with Crippen molar-refractivity contribution >= 4 is 40.1 Å². The monoisotopic (exact) mass is 1340 g/mol. The maximum Gasteiger partial charge on any atom is 0.335 e. The number of carbonyl (C=O) groups is 1. The molecule has 7 aromatic carbocycles. The first-order chi connectivity index (χ1) is 48.8. The van der Waals surface area contributed by atoms with Gasteiger partial charge in [-0.2, -0.15) is 46.5 Å². The second-order valence-electron chi connectivity index (χ2n) is 24.9. The Kier molecular flexibility index (Phi) is 37.0. The molecule has 7 rings (SSSR count). The molecule has 0 spiro atoms. The number of ether oxygens (including phenoxy) is 6. The van der Waals surface area contributed by atoms with Crippen molar-refractivity contribution in [2.45, 2.75) is 193 Å². The summed E-state index contributed by atoms with van der Waals surface area (Å²) in [7, 11) is 0. The highest BCUT2D eigenvalue weighted by Gasteiger charge is 2.19. The maximum atomic E-state index is 12.4. The molecule has 0 aliphatic rings. The topological polar surface area (TPSA) is 238 Å². The second kappa shape index (κ2) is 47.9. The summed E-state index contributed by atoms with van der Waals surface area (Å²) in [6, 6.07) is 53.4. The number of benzene rings is 7. The Morgan fingerprint density at radius 2 is 0.465 bits per heavy atom. The van der Waals surface area contributed by atoms with Crippen molar-refractivity contribution in [3.8, 4) is 52.7 Å². The van der Waals surface area contributed by atoms with E-state index in [0.29, 0.717) is 90.6 Å². The number of nitriles is 3. The molecule has 0 fully saturated rings. The minimum absolute atomic E-state index is 0.130. The molecule has 0 saturated heterocycles. The predicted octanol–water partition coefficient (Wildman–Crippen LogP) is 24.3. The van der Waals surface area contributed by atoms with Gasteiger partial charge in [0, 0.05) is 0 Å². The van der Waals surface area contributed by atoms with E-state index in [1.807, 2.05) is 72.8 Å². The summed E-state index contributed by atoms with van der Waals surface area (Å²) in [5.41, 5.74) is 6.20. The van der Waals surface area contributed by atoms with E-state index in [-0.39, 0.29) is 5.56 Å². The maximum absolute atomic E-state index is 12.4. The van der Waals surface area contributed by atoms with Crippen LogP contribution in [-0.2, 0) is 0 Å². The van der Waals surface area contributed by atoms with E-state index >= 15 is 0 Å². The normalized spacial score (nSPS) is 11.2. The van der Waals surface area contributed by atoms with Gasteiger partial charge < -0.3 is 33.5 Å². The zero-order valence-corrected chi connectivity index (χ0v) is 57.8. The Balaban J connectivity index is 0.736. The van der Waals surface area contributed by atoms with E-state index in [1.54, 1.807) is 84.9 Å². The van der Waals surface area contributed by atoms with E-state index in [1.165, 1.54) is 96.3 Å². The molecule has 0 saturated carbocycles. The van der Waals surface area contributed by atoms with Gasteiger partial charge in [-0.1, -0.05) is 154 Å². The third-order valence-corrected chi connectivity index (χ3v) is 16.8. The quantitative estimate of drug-likeness (QED) is 0.0278. The smallest absolute Gasteiger partial charge is 0.335 e. The van der Waals surface area contributed by atoms with E-state index in [2.05, 4.69) is 48.9 Å². The first-order valence-electron chi connectivity index (χ1n) is 36.1. The van der Waals surface area contributed by atoms with Crippen LogP contribution in [0, 0.1) is 34.0 Å². The minimum atomic E-state index is -1.03. The Hall–Kier alpha value is -9.92. The third-order valence-electron chi connectivity index (χ3n) is 16.8. The number of rotatable bonds is 52. The van der Waals surface area contributed by atoms with E-state index in [9.17, 15) is 9.90 Å². The van der Waals surface area contributed by atoms with Crippen LogP contribution < -0.4 is 28.4 Å². The number of carboxylic acids is 1. The van der Waals surface area contributed by atoms with Crippen molar-refractivity contribution in [1.29, 1.82) is 15.8 Å². The molecule has 17 nitrogen and oxygen atoms in total. The third kappa shape index (κ3) is 32.3. The van der Waals surface area contributed by atoms with Crippen LogP contribution in [0.1, 0.15) is 220 Å². The lowest BCUT2D eigenvalue weighted by Crippen LogP contribution is -2.08. The first-order valence-corrected chi connectivity index (χ1v) is 36.1. The summed E-state index contributed by atoms with van der Waals surface area (Å²) < 4.78 is 37.1. The van der Waals surface area contributed by atoms with Crippen LogP contribution in [0.25, 0.3) is 0 Å². The number of carboxylic acid groups (broad SMARTS) is 1. The zero-order chi connectivity index (χ0) is 69.3. The summed E-state index contributed by atoms with van der Waals surface area (Å²) >= 11 is 0. The van der Waals surface area contributed by atoms with Crippen molar-refractivity contribution in [3.05, 3.63) is 180 Å². The predicted molar refractivity (Wildman–Crippen MR) is 390 cm³/mol. The van der Waals surface area contributed by atoms with Gasteiger partial charge in [-0.3, -0.25) is 0 Å². The van der Waals surface area contributed by atoms with Crippen molar-refractivity contribution in [1.82, 2.24) is 0 Å². The molecule has 0 aliphatic heterocycles. The lowest BCUT2D eigenvalue weighted by Gasteiger charge is -2.18. The van der Waals surface area contributed by atoms with Gasteiger partial charge in [0.1, 0.15) is 17.2 Å². The van der Waals surface area contributed by atoms with Crippen LogP contribution >= 0.6 is 0 Å². The molecule has 0 atom stereocenters. The van der Waals surface area contributed by atoms with Gasteiger partial charge in [-0.25, -0.2) is 4.79 Å². The standard InChI is InChI=1S/C82H99N9O8/c83-63-66-31-37-70(38-32-66)86-89-73-43-49-76(50-44-73)94-55-25-19-13-7-1-4-10-16-22-28-58-97-79-61-69(82(92)93)62-80(98-59-29-23-17-11-5-2-8-14-20-26-56-95-77-51-45-74(46-52-77)90-87-71-39-33-67(64-84)34-40-71)81(79)99-60-30-24-18-12-6-3-9-15-21-27-57-96-78-53-47-75(48-54-78)91-88-72-41-35-68(65-85)36-42-72/h31-54,61-62H,1-30,55-60H2,(H,92,93). The van der Waals surface area contributed by atoms with E-state index in [0.717, 1.165) is 131 Å². The van der Waals surface area contributed by atoms with Crippen LogP contribution in [0.2, 0.25) is 0 Å². The van der Waals surface area contributed by atoms with Crippen molar-refractivity contribution < 1.29 is 38.3 Å². The lowest BCUT2D eigenvalue weighted by atomic mass is 10.1. The molecule has 0 amide bonds. The SMILES string of the molecule is N#Cc1ccc(N=Nc2ccc(OCCCCCCCCCCCCOc3cc(C(=O)O)cc(OCCCCCCCCCCCCOc4ccc(N=Nc5ccc(C#N)cc5)cc4)c3OCCCCCCCCCCCCOc3ccc(N=Nc4ccc(C#N)cc4)cc3)cc2)cc1. The van der Waals surface area contributed by atoms with Crippen LogP contribution in [0.3, 0.4) is 0 Å². The summed E-state index contributed by atoms with van der Waals surface area (Å²) in [4.78, 5) is 12.4. The average molecular weight is 1340 g/mol. The Morgan fingerprint density at radius 3 is 0.677 bits per heavy atom. The summed E-state index contributed by atoms with van der Waals surface area (Å²) in [5.74, 6) is 2.82. The number of azo groups is 3. The Bertz CT molecular complexity index is 3440. The minimum Gasteiger partial charge on any atom is -0.494 e. The molecule has 0 radical (unpaired) electrons. The fourth-order valence-corrected chi connectivity index (χ4v) is 11.0. The summed E-state index contributed by atoms with van der Waals surface area (Å²) in [6.07, 6.45) is 33.6. The molecule has 7 aromatic rings. The van der Waals surface area contributed by atoms with Crippen LogP contribution in [0.4, 0.5) is 34.1 Å². The molecule has 17 heteroatoms. The molecule has 0 aromatic heterocycles. The van der Waals surface area contributed by atoms with Gasteiger partial charge >= 0.3 is 5.97 Å². The highest BCUT2D eigenvalue weighted by molar-refractivity contribution is 5.89. The highest BCUT2D eigenvalue weighted by Crippen LogP contribution is 2.40. The molecular formula is C82H99N9O8. The Labute approximate surface area is 587 Å². The van der Waals surface area contributed by atoms with Crippen LogP contribution in [0.15, 0.2) is 188 Å². The first kappa shape index (κ1) is 76.4. The molecule has 1 N–H and O–H groups in total. The van der Waals surface area contributed by atoms with Gasteiger partial charge in [0.15, 0.2) is 11.5 Å². The molecule has 0 bridgehead atoms. The molecular weight excluding hydrogens is 1240 g/mol. The van der Waals surface area contributed by atoms with Crippen molar-refractivity contribution in [2.24, 2.45) is 30.7 Å². The van der Waals surface area contributed by atoms with Gasteiger partial charge in [-0.15, -0.1) is 0 Å². The van der Waals surface area contributed by atoms with Crippen LogP contribution in [-0.4, -0.2) is 50.7 Å². The fraction of sp³-hybridized carbons (Fsp3) is 0.439. The summed E-state index contributed by atoms with van der Waals surface area (Å²) in [6.45, 7) is 3.49. The number of aromatic carboxylic acids is 1.